The Bertz CT molecular complexity index is 678. The molecule has 1 amide bonds. The van der Waals surface area contributed by atoms with E-state index in [4.69, 9.17) is 0 Å². The minimum absolute atomic E-state index is 0.166. The van der Waals surface area contributed by atoms with E-state index < -0.39 is 0 Å². The number of hydrogen-bond donors (Lipinski definition) is 1. The second kappa shape index (κ2) is 6.86. The van der Waals surface area contributed by atoms with E-state index in [2.05, 4.69) is 42.6 Å². The zero-order chi connectivity index (χ0) is 16.2. The maximum Gasteiger partial charge on any atom is 0.245 e. The lowest BCUT2D eigenvalue weighted by molar-refractivity contribution is -0.132. The molecule has 3 rings (SSSR count). The average Bonchev–Trinajstić information content (AvgIpc) is 2.61. The van der Waals surface area contributed by atoms with Crippen LogP contribution in [0.25, 0.3) is 0 Å². The van der Waals surface area contributed by atoms with Crippen LogP contribution in [-0.2, 0) is 24.2 Å². The van der Waals surface area contributed by atoms with Crippen LogP contribution in [0.2, 0.25) is 0 Å². The number of benzene rings is 2. The molecule has 3 nitrogen and oxygen atoms in total. The molecule has 1 atom stereocenters. The SMILES string of the molecule is CCc1ccc(N[C@@H](C)C(=O)N2CCc3ccccc3C2)cc1. The number of carbonyl (C=O) groups is 1. The predicted molar refractivity (Wildman–Crippen MR) is 94.5 cm³/mol. The van der Waals surface area contributed by atoms with Gasteiger partial charge in [-0.25, -0.2) is 0 Å². The van der Waals surface area contributed by atoms with Gasteiger partial charge in [0, 0.05) is 18.8 Å². The summed E-state index contributed by atoms with van der Waals surface area (Å²) in [4.78, 5) is 14.7. The van der Waals surface area contributed by atoms with Crippen molar-refractivity contribution in [2.24, 2.45) is 0 Å². The number of anilines is 1. The zero-order valence-corrected chi connectivity index (χ0v) is 13.9. The van der Waals surface area contributed by atoms with E-state index in [1.165, 1.54) is 16.7 Å². The minimum atomic E-state index is -0.215. The van der Waals surface area contributed by atoms with Crippen LogP contribution in [0, 0.1) is 0 Å². The molecule has 1 aliphatic heterocycles. The Kier molecular flexibility index (Phi) is 4.65. The van der Waals surface area contributed by atoms with E-state index in [0.717, 1.165) is 31.6 Å². The van der Waals surface area contributed by atoms with Crippen molar-refractivity contribution in [1.29, 1.82) is 0 Å². The fourth-order valence-electron chi connectivity index (χ4n) is 3.11. The van der Waals surface area contributed by atoms with Gasteiger partial charge in [-0.3, -0.25) is 4.79 Å². The highest BCUT2D eigenvalue weighted by Gasteiger charge is 2.24. The summed E-state index contributed by atoms with van der Waals surface area (Å²) in [6.45, 7) is 5.60. The van der Waals surface area contributed by atoms with Crippen molar-refractivity contribution in [2.45, 2.75) is 39.3 Å². The predicted octanol–water partition coefficient (Wildman–Crippen LogP) is 3.63. The molecule has 3 heteroatoms. The second-order valence-electron chi connectivity index (χ2n) is 6.20. The summed E-state index contributed by atoms with van der Waals surface area (Å²) >= 11 is 0. The minimum Gasteiger partial charge on any atom is -0.374 e. The van der Waals surface area contributed by atoms with Gasteiger partial charge in [0.25, 0.3) is 0 Å². The van der Waals surface area contributed by atoms with Crippen LogP contribution in [0.5, 0.6) is 0 Å². The number of nitrogens with zero attached hydrogens (tertiary/aromatic N) is 1. The first-order valence-electron chi connectivity index (χ1n) is 8.38. The van der Waals surface area contributed by atoms with Crippen molar-refractivity contribution in [3.63, 3.8) is 0 Å². The summed E-state index contributed by atoms with van der Waals surface area (Å²) in [7, 11) is 0. The normalized spacial score (nSPS) is 15.0. The van der Waals surface area contributed by atoms with Gasteiger partial charge < -0.3 is 10.2 Å². The standard InChI is InChI=1S/C20H24N2O/c1-3-16-8-10-19(11-9-16)21-15(2)20(23)22-13-12-17-6-4-5-7-18(17)14-22/h4-11,15,21H,3,12-14H2,1-2H3/t15-/m0/s1. The van der Waals surface area contributed by atoms with Crippen LogP contribution in [0.4, 0.5) is 5.69 Å². The first kappa shape index (κ1) is 15.6. The molecular weight excluding hydrogens is 284 g/mol. The molecule has 0 bridgehead atoms. The molecule has 0 radical (unpaired) electrons. The summed E-state index contributed by atoms with van der Waals surface area (Å²) in [6.07, 6.45) is 1.97. The van der Waals surface area contributed by atoms with Gasteiger partial charge in [-0.2, -0.15) is 0 Å². The van der Waals surface area contributed by atoms with Gasteiger partial charge in [0.2, 0.25) is 5.91 Å². The molecule has 120 valence electrons. The van der Waals surface area contributed by atoms with Gasteiger partial charge in [-0.05, 0) is 48.6 Å². The van der Waals surface area contributed by atoms with Gasteiger partial charge >= 0.3 is 0 Å². The van der Waals surface area contributed by atoms with Crippen LogP contribution < -0.4 is 5.32 Å². The van der Waals surface area contributed by atoms with Gasteiger partial charge in [-0.1, -0.05) is 43.3 Å². The molecular formula is C20H24N2O. The molecule has 0 saturated carbocycles. The average molecular weight is 308 g/mol. The molecule has 2 aromatic rings. The molecule has 0 unspecified atom stereocenters. The molecule has 23 heavy (non-hydrogen) atoms. The maximum absolute atomic E-state index is 12.7. The van der Waals surface area contributed by atoms with Crippen molar-refractivity contribution in [1.82, 2.24) is 4.90 Å². The van der Waals surface area contributed by atoms with E-state index in [1.54, 1.807) is 0 Å². The third-order valence-electron chi connectivity index (χ3n) is 4.56. The Labute approximate surface area is 138 Å². The van der Waals surface area contributed by atoms with Gasteiger partial charge in [0.05, 0.1) is 0 Å². The van der Waals surface area contributed by atoms with E-state index in [-0.39, 0.29) is 11.9 Å². The summed E-state index contributed by atoms with van der Waals surface area (Å²) in [5.74, 6) is 0.166. The lowest BCUT2D eigenvalue weighted by Crippen LogP contribution is -2.43. The Balaban J connectivity index is 1.63. The first-order chi connectivity index (χ1) is 11.2. The zero-order valence-electron chi connectivity index (χ0n) is 13.9. The Hall–Kier alpha value is -2.29. The molecule has 1 aliphatic rings. The molecule has 0 aliphatic carbocycles. The highest BCUT2D eigenvalue weighted by atomic mass is 16.2. The molecule has 0 aromatic heterocycles. The summed E-state index contributed by atoms with van der Waals surface area (Å²) in [6, 6.07) is 16.5. The number of carbonyl (C=O) groups excluding carboxylic acids is 1. The molecule has 1 N–H and O–H groups in total. The van der Waals surface area contributed by atoms with Crippen LogP contribution in [0.15, 0.2) is 48.5 Å². The van der Waals surface area contributed by atoms with Gasteiger partial charge in [-0.15, -0.1) is 0 Å². The third-order valence-corrected chi connectivity index (χ3v) is 4.56. The highest BCUT2D eigenvalue weighted by molar-refractivity contribution is 5.84. The fourth-order valence-corrected chi connectivity index (χ4v) is 3.11. The van der Waals surface area contributed by atoms with Crippen molar-refractivity contribution in [2.75, 3.05) is 11.9 Å². The van der Waals surface area contributed by atoms with Crippen LogP contribution in [-0.4, -0.2) is 23.4 Å². The van der Waals surface area contributed by atoms with E-state index in [1.807, 2.05) is 30.0 Å². The summed E-state index contributed by atoms with van der Waals surface area (Å²) in [5.41, 5.74) is 4.95. The van der Waals surface area contributed by atoms with Crippen LogP contribution in [0.3, 0.4) is 0 Å². The number of hydrogen-bond acceptors (Lipinski definition) is 2. The number of rotatable bonds is 4. The van der Waals surface area contributed by atoms with E-state index in [0.29, 0.717) is 0 Å². The third kappa shape index (κ3) is 3.55. The smallest absolute Gasteiger partial charge is 0.245 e. The highest BCUT2D eigenvalue weighted by Crippen LogP contribution is 2.20. The van der Waals surface area contributed by atoms with E-state index in [9.17, 15) is 4.79 Å². The monoisotopic (exact) mass is 308 g/mol. The van der Waals surface area contributed by atoms with E-state index >= 15 is 0 Å². The van der Waals surface area contributed by atoms with Crippen molar-refractivity contribution in [3.05, 3.63) is 65.2 Å². The molecule has 0 fully saturated rings. The first-order valence-corrected chi connectivity index (χ1v) is 8.38. The van der Waals surface area contributed by atoms with Crippen LogP contribution in [0.1, 0.15) is 30.5 Å². The van der Waals surface area contributed by atoms with Crippen molar-refractivity contribution in [3.8, 4) is 0 Å². The number of nitrogens with one attached hydrogen (secondary N) is 1. The largest absolute Gasteiger partial charge is 0.374 e. The summed E-state index contributed by atoms with van der Waals surface area (Å²) in [5, 5.41) is 3.32. The number of amides is 1. The lowest BCUT2D eigenvalue weighted by Gasteiger charge is -2.31. The Morgan fingerprint density at radius 3 is 2.52 bits per heavy atom. The summed E-state index contributed by atoms with van der Waals surface area (Å²) < 4.78 is 0. The van der Waals surface area contributed by atoms with Crippen molar-refractivity contribution < 1.29 is 4.79 Å². The fraction of sp³-hybridized carbons (Fsp3) is 0.350. The number of aryl methyl sites for hydroxylation is 1. The molecule has 0 spiro atoms. The topological polar surface area (TPSA) is 32.3 Å². The Morgan fingerprint density at radius 2 is 1.83 bits per heavy atom. The van der Waals surface area contributed by atoms with Crippen molar-refractivity contribution >= 4 is 11.6 Å². The van der Waals surface area contributed by atoms with Gasteiger partial charge in [0.15, 0.2) is 0 Å². The lowest BCUT2D eigenvalue weighted by atomic mass is 9.99. The quantitative estimate of drug-likeness (QED) is 0.935. The van der Waals surface area contributed by atoms with Gasteiger partial charge in [0.1, 0.15) is 6.04 Å². The number of fused-ring (bicyclic) bond motifs is 1. The second-order valence-corrected chi connectivity index (χ2v) is 6.20. The maximum atomic E-state index is 12.7. The Morgan fingerprint density at radius 1 is 1.13 bits per heavy atom. The molecule has 1 heterocycles. The van der Waals surface area contributed by atoms with Crippen LogP contribution >= 0.6 is 0 Å². The molecule has 0 saturated heterocycles. The molecule has 2 aromatic carbocycles.